The van der Waals surface area contributed by atoms with Crippen LogP contribution in [-0.4, -0.2) is 9.96 Å². The molecule has 1 rings (SSSR count). The Kier molecular flexibility index (Phi) is 6.41. The van der Waals surface area contributed by atoms with Gasteiger partial charge in [0.15, 0.2) is 0 Å². The first kappa shape index (κ1) is 15.2. The molecule has 0 bridgehead atoms. The number of unbranched alkanes of at least 4 members (excludes halogenated alkanes) is 1. The maximum atomic E-state index is 12.3. The Hall–Kier alpha value is -0.830. The summed E-state index contributed by atoms with van der Waals surface area (Å²) in [5, 5.41) is 0. The van der Waals surface area contributed by atoms with Gasteiger partial charge >= 0.3 is 0 Å². The second-order valence-electron chi connectivity index (χ2n) is 4.97. The number of hydrogen-bond acceptors (Lipinski definition) is 2. The Morgan fingerprint density at radius 3 is 2.61 bits per heavy atom. The van der Waals surface area contributed by atoms with Gasteiger partial charge in [-0.3, -0.25) is 4.21 Å². The number of aryl methyl sites for hydroxylation is 1. The Morgan fingerprint density at radius 2 is 2.06 bits per heavy atom. The normalized spacial score (nSPS) is 14.4. The third-order valence-electron chi connectivity index (χ3n) is 3.34. The molecule has 2 unspecified atom stereocenters. The van der Waals surface area contributed by atoms with E-state index in [0.717, 1.165) is 22.6 Å². The molecule has 0 aliphatic carbocycles. The molecule has 1 aromatic rings. The van der Waals surface area contributed by atoms with Crippen LogP contribution >= 0.6 is 0 Å². The first-order chi connectivity index (χ1) is 8.58. The number of anilines is 1. The van der Waals surface area contributed by atoms with Gasteiger partial charge in [-0.15, -0.1) is 0 Å². The average Bonchev–Trinajstić information content (AvgIpc) is 2.34. The zero-order valence-corrected chi connectivity index (χ0v) is 12.6. The van der Waals surface area contributed by atoms with Gasteiger partial charge in [-0.1, -0.05) is 39.2 Å². The molecule has 0 aromatic heterocycles. The van der Waals surface area contributed by atoms with E-state index in [2.05, 4.69) is 13.8 Å². The summed E-state index contributed by atoms with van der Waals surface area (Å²) in [6.45, 7) is 6.37. The summed E-state index contributed by atoms with van der Waals surface area (Å²) in [6.07, 6.45) is 4.69. The summed E-state index contributed by atoms with van der Waals surface area (Å²) >= 11 is 0. The first-order valence-corrected chi connectivity index (χ1v) is 8.14. The highest BCUT2D eigenvalue weighted by Crippen LogP contribution is 2.22. The van der Waals surface area contributed by atoms with E-state index in [1.54, 1.807) is 0 Å². The lowest BCUT2D eigenvalue weighted by Gasteiger charge is -2.15. The number of nitrogens with two attached hydrogens (primary N) is 1. The summed E-state index contributed by atoms with van der Waals surface area (Å²) in [5.41, 5.74) is 7.73. The van der Waals surface area contributed by atoms with Crippen LogP contribution in [0.2, 0.25) is 0 Å². The standard InChI is InChI=1S/C15H25NOS/c1-4-6-7-13(5-2)11-18(17)15-9-8-12(3)10-14(15)16/h8-10,13H,4-7,11,16H2,1-3H3. The fraction of sp³-hybridized carbons (Fsp3) is 0.600. The largest absolute Gasteiger partial charge is 0.398 e. The highest BCUT2D eigenvalue weighted by atomic mass is 32.2. The van der Waals surface area contributed by atoms with Crippen molar-refractivity contribution < 1.29 is 4.21 Å². The average molecular weight is 267 g/mol. The number of nitrogen functional groups attached to an aromatic ring is 1. The molecule has 0 fully saturated rings. The Balaban J connectivity index is 2.68. The van der Waals surface area contributed by atoms with Gasteiger partial charge in [0.2, 0.25) is 0 Å². The van der Waals surface area contributed by atoms with E-state index in [9.17, 15) is 4.21 Å². The van der Waals surface area contributed by atoms with Crippen LogP contribution in [0.4, 0.5) is 5.69 Å². The highest BCUT2D eigenvalue weighted by molar-refractivity contribution is 7.85. The van der Waals surface area contributed by atoms with Gasteiger partial charge < -0.3 is 5.73 Å². The minimum atomic E-state index is -0.962. The SMILES string of the molecule is CCCCC(CC)CS(=O)c1ccc(C)cc1N. The van der Waals surface area contributed by atoms with Crippen molar-refractivity contribution in [1.29, 1.82) is 0 Å². The van der Waals surface area contributed by atoms with Crippen molar-refractivity contribution in [1.82, 2.24) is 0 Å². The summed E-state index contributed by atoms with van der Waals surface area (Å²) in [4.78, 5) is 0.801. The first-order valence-electron chi connectivity index (χ1n) is 6.83. The van der Waals surface area contributed by atoms with E-state index < -0.39 is 10.8 Å². The molecule has 0 radical (unpaired) electrons. The molecular formula is C15H25NOS. The maximum Gasteiger partial charge on any atom is 0.0617 e. The van der Waals surface area contributed by atoms with E-state index in [4.69, 9.17) is 5.73 Å². The lowest BCUT2D eigenvalue weighted by Crippen LogP contribution is -2.12. The molecule has 0 saturated carbocycles. The van der Waals surface area contributed by atoms with Gasteiger partial charge in [-0.25, -0.2) is 0 Å². The predicted molar refractivity (Wildman–Crippen MR) is 80.2 cm³/mol. The van der Waals surface area contributed by atoms with Gasteiger partial charge in [0.05, 0.1) is 15.7 Å². The summed E-state index contributed by atoms with van der Waals surface area (Å²) in [6, 6.07) is 5.80. The van der Waals surface area contributed by atoms with Crippen molar-refractivity contribution in [3.05, 3.63) is 23.8 Å². The molecule has 18 heavy (non-hydrogen) atoms. The van der Waals surface area contributed by atoms with Crippen molar-refractivity contribution in [2.45, 2.75) is 51.3 Å². The van der Waals surface area contributed by atoms with Crippen LogP contribution in [0.25, 0.3) is 0 Å². The van der Waals surface area contributed by atoms with Crippen molar-refractivity contribution in [2.24, 2.45) is 5.92 Å². The van der Waals surface area contributed by atoms with E-state index in [-0.39, 0.29) is 0 Å². The van der Waals surface area contributed by atoms with Gasteiger partial charge in [0, 0.05) is 11.4 Å². The number of benzene rings is 1. The van der Waals surface area contributed by atoms with Crippen LogP contribution < -0.4 is 5.73 Å². The minimum Gasteiger partial charge on any atom is -0.398 e. The Morgan fingerprint density at radius 1 is 1.33 bits per heavy atom. The lowest BCUT2D eigenvalue weighted by molar-refractivity contribution is 0.494. The van der Waals surface area contributed by atoms with Crippen LogP contribution in [0.3, 0.4) is 0 Å². The van der Waals surface area contributed by atoms with Crippen LogP contribution in [0, 0.1) is 12.8 Å². The fourth-order valence-corrected chi connectivity index (χ4v) is 3.63. The van der Waals surface area contributed by atoms with E-state index in [0.29, 0.717) is 11.6 Å². The molecule has 3 heteroatoms. The van der Waals surface area contributed by atoms with Crippen LogP contribution in [0.1, 0.15) is 45.1 Å². The van der Waals surface area contributed by atoms with Crippen LogP contribution in [-0.2, 0) is 10.8 Å². The van der Waals surface area contributed by atoms with Crippen molar-refractivity contribution in [2.75, 3.05) is 11.5 Å². The number of hydrogen-bond donors (Lipinski definition) is 1. The van der Waals surface area contributed by atoms with Crippen molar-refractivity contribution in [3.63, 3.8) is 0 Å². The molecule has 0 aliphatic rings. The second kappa shape index (κ2) is 7.57. The molecule has 1 aromatic carbocycles. The Labute approximate surface area is 113 Å². The molecule has 0 heterocycles. The molecule has 102 valence electrons. The van der Waals surface area contributed by atoms with Gasteiger partial charge in [0.25, 0.3) is 0 Å². The topological polar surface area (TPSA) is 43.1 Å². The lowest BCUT2D eigenvalue weighted by atomic mass is 10.0. The van der Waals surface area contributed by atoms with Crippen LogP contribution in [0.5, 0.6) is 0 Å². The predicted octanol–water partition coefficient (Wildman–Crippen LogP) is 3.90. The van der Waals surface area contributed by atoms with Crippen LogP contribution in [0.15, 0.2) is 23.1 Å². The van der Waals surface area contributed by atoms with E-state index >= 15 is 0 Å². The minimum absolute atomic E-state index is 0.548. The number of rotatable bonds is 7. The van der Waals surface area contributed by atoms with Gasteiger partial charge in [0.1, 0.15) is 0 Å². The van der Waals surface area contributed by atoms with Gasteiger partial charge in [-0.2, -0.15) is 0 Å². The monoisotopic (exact) mass is 267 g/mol. The molecule has 2 atom stereocenters. The van der Waals surface area contributed by atoms with Crippen molar-refractivity contribution >= 4 is 16.5 Å². The summed E-state index contributed by atoms with van der Waals surface area (Å²) in [7, 11) is -0.962. The summed E-state index contributed by atoms with van der Waals surface area (Å²) < 4.78 is 12.3. The van der Waals surface area contributed by atoms with Crippen molar-refractivity contribution in [3.8, 4) is 0 Å². The third kappa shape index (κ3) is 4.45. The molecule has 0 spiro atoms. The summed E-state index contributed by atoms with van der Waals surface area (Å²) in [5.74, 6) is 1.29. The second-order valence-corrected chi connectivity index (χ2v) is 6.43. The smallest absolute Gasteiger partial charge is 0.0617 e. The fourth-order valence-electron chi connectivity index (χ4n) is 2.08. The highest BCUT2D eigenvalue weighted by Gasteiger charge is 2.14. The third-order valence-corrected chi connectivity index (χ3v) is 4.98. The van der Waals surface area contributed by atoms with E-state index in [1.165, 1.54) is 19.3 Å². The molecule has 2 N–H and O–H groups in total. The van der Waals surface area contributed by atoms with Gasteiger partial charge in [-0.05, 0) is 37.0 Å². The quantitative estimate of drug-likeness (QED) is 0.761. The Bertz CT molecular complexity index is 403. The molecule has 0 amide bonds. The van der Waals surface area contributed by atoms with E-state index in [1.807, 2.05) is 25.1 Å². The molecular weight excluding hydrogens is 242 g/mol. The maximum absolute atomic E-state index is 12.3. The zero-order valence-electron chi connectivity index (χ0n) is 11.7. The molecule has 0 saturated heterocycles. The molecule has 0 aliphatic heterocycles. The zero-order chi connectivity index (χ0) is 13.5. The molecule has 2 nitrogen and oxygen atoms in total.